The van der Waals surface area contributed by atoms with E-state index in [9.17, 15) is 0 Å². The van der Waals surface area contributed by atoms with Gasteiger partial charge in [-0.2, -0.15) is 0 Å². The lowest BCUT2D eigenvalue weighted by Crippen LogP contribution is -2.50. The van der Waals surface area contributed by atoms with Crippen molar-refractivity contribution in [2.45, 2.75) is 32.6 Å². The second kappa shape index (κ2) is 6.17. The molecule has 1 saturated heterocycles. The van der Waals surface area contributed by atoms with Crippen LogP contribution in [0.1, 0.15) is 32.6 Å². The van der Waals surface area contributed by atoms with Crippen molar-refractivity contribution in [2.75, 3.05) is 52.9 Å². The molecule has 2 fully saturated rings. The molecule has 0 amide bonds. The zero-order valence-electron chi connectivity index (χ0n) is 11.7. The van der Waals surface area contributed by atoms with E-state index >= 15 is 0 Å². The lowest BCUT2D eigenvalue weighted by Gasteiger charge is -2.39. The van der Waals surface area contributed by atoms with Crippen molar-refractivity contribution < 1.29 is 0 Å². The molecule has 2 rings (SSSR count). The van der Waals surface area contributed by atoms with Crippen molar-refractivity contribution >= 4 is 0 Å². The van der Waals surface area contributed by atoms with E-state index in [2.05, 4.69) is 29.1 Å². The molecule has 0 atom stereocenters. The summed E-state index contributed by atoms with van der Waals surface area (Å²) < 4.78 is 0. The molecule has 2 aliphatic rings. The van der Waals surface area contributed by atoms with Crippen LogP contribution in [-0.4, -0.2) is 62.7 Å². The van der Waals surface area contributed by atoms with Gasteiger partial charge >= 0.3 is 0 Å². The molecule has 0 unspecified atom stereocenters. The van der Waals surface area contributed by atoms with Crippen molar-refractivity contribution in [3.63, 3.8) is 0 Å². The largest absolute Gasteiger partial charge is 0.316 e. The minimum atomic E-state index is 0.589. The molecule has 3 heteroatoms. The first-order valence-electron chi connectivity index (χ1n) is 7.36. The molecular formula is C14H29N3. The third kappa shape index (κ3) is 3.67. The van der Waals surface area contributed by atoms with Crippen LogP contribution in [0.2, 0.25) is 0 Å². The monoisotopic (exact) mass is 239 g/mol. The average Bonchev–Trinajstić information content (AvgIpc) is 2.79. The summed E-state index contributed by atoms with van der Waals surface area (Å²) in [6.07, 6.45) is 5.76. The summed E-state index contributed by atoms with van der Waals surface area (Å²) in [5, 5.41) is 3.59. The van der Waals surface area contributed by atoms with Gasteiger partial charge in [0.1, 0.15) is 0 Å². The Hall–Kier alpha value is -0.120. The highest BCUT2D eigenvalue weighted by Gasteiger charge is 2.35. The van der Waals surface area contributed by atoms with E-state index in [-0.39, 0.29) is 0 Å². The highest BCUT2D eigenvalue weighted by Crippen LogP contribution is 2.38. The van der Waals surface area contributed by atoms with Gasteiger partial charge in [-0.3, -0.25) is 0 Å². The topological polar surface area (TPSA) is 18.5 Å². The first-order valence-corrected chi connectivity index (χ1v) is 7.36. The van der Waals surface area contributed by atoms with Crippen molar-refractivity contribution in [3.8, 4) is 0 Å². The van der Waals surface area contributed by atoms with Gasteiger partial charge in [0.15, 0.2) is 0 Å². The SMILES string of the molecule is CCNCC1(CN2CCN(C)CC2)CCCC1. The summed E-state index contributed by atoms with van der Waals surface area (Å²) in [5.74, 6) is 0. The predicted molar refractivity (Wildman–Crippen MR) is 73.4 cm³/mol. The fraction of sp³-hybridized carbons (Fsp3) is 1.00. The summed E-state index contributed by atoms with van der Waals surface area (Å²) in [6, 6.07) is 0. The van der Waals surface area contributed by atoms with Gasteiger partial charge in [-0.1, -0.05) is 19.8 Å². The molecule has 0 aromatic heterocycles. The quantitative estimate of drug-likeness (QED) is 0.782. The van der Waals surface area contributed by atoms with Crippen LogP contribution in [-0.2, 0) is 0 Å². The summed E-state index contributed by atoms with van der Waals surface area (Å²) in [5.41, 5.74) is 0.589. The molecule has 0 aromatic carbocycles. The van der Waals surface area contributed by atoms with Gasteiger partial charge in [0.05, 0.1) is 0 Å². The minimum Gasteiger partial charge on any atom is -0.316 e. The maximum absolute atomic E-state index is 3.59. The van der Waals surface area contributed by atoms with Crippen LogP contribution in [0.3, 0.4) is 0 Å². The van der Waals surface area contributed by atoms with Crippen LogP contribution in [0.4, 0.5) is 0 Å². The Bertz CT molecular complexity index is 216. The number of nitrogens with zero attached hydrogens (tertiary/aromatic N) is 2. The molecule has 1 aliphatic heterocycles. The Morgan fingerprint density at radius 3 is 2.29 bits per heavy atom. The third-order valence-electron chi connectivity index (χ3n) is 4.57. The van der Waals surface area contributed by atoms with Gasteiger partial charge in [0, 0.05) is 39.3 Å². The van der Waals surface area contributed by atoms with E-state index in [1.54, 1.807) is 0 Å². The van der Waals surface area contributed by atoms with Crippen molar-refractivity contribution in [2.24, 2.45) is 5.41 Å². The Morgan fingerprint density at radius 1 is 1.06 bits per heavy atom. The highest BCUT2D eigenvalue weighted by atomic mass is 15.2. The first-order chi connectivity index (χ1) is 8.24. The molecule has 1 aliphatic carbocycles. The summed E-state index contributed by atoms with van der Waals surface area (Å²) in [6.45, 7) is 10.9. The van der Waals surface area contributed by atoms with Gasteiger partial charge in [-0.05, 0) is 31.8 Å². The van der Waals surface area contributed by atoms with E-state index in [0.29, 0.717) is 5.41 Å². The fourth-order valence-corrected chi connectivity index (χ4v) is 3.39. The van der Waals surface area contributed by atoms with Crippen molar-refractivity contribution in [1.82, 2.24) is 15.1 Å². The predicted octanol–water partition coefficient (Wildman–Crippen LogP) is 1.40. The van der Waals surface area contributed by atoms with Crippen LogP contribution in [0, 0.1) is 5.41 Å². The molecular weight excluding hydrogens is 210 g/mol. The fourth-order valence-electron chi connectivity index (χ4n) is 3.39. The van der Waals surface area contributed by atoms with E-state index in [0.717, 1.165) is 6.54 Å². The molecule has 100 valence electrons. The van der Waals surface area contributed by atoms with E-state index in [1.165, 1.54) is 65.0 Å². The van der Waals surface area contributed by atoms with E-state index in [4.69, 9.17) is 0 Å². The van der Waals surface area contributed by atoms with E-state index in [1.807, 2.05) is 0 Å². The Morgan fingerprint density at radius 2 is 1.71 bits per heavy atom. The zero-order valence-corrected chi connectivity index (χ0v) is 11.7. The van der Waals surface area contributed by atoms with Crippen molar-refractivity contribution in [1.29, 1.82) is 0 Å². The second-order valence-corrected chi connectivity index (χ2v) is 6.07. The summed E-state index contributed by atoms with van der Waals surface area (Å²) in [7, 11) is 2.24. The highest BCUT2D eigenvalue weighted by molar-refractivity contribution is 4.90. The molecule has 0 radical (unpaired) electrons. The average molecular weight is 239 g/mol. The molecule has 1 saturated carbocycles. The third-order valence-corrected chi connectivity index (χ3v) is 4.57. The summed E-state index contributed by atoms with van der Waals surface area (Å²) in [4.78, 5) is 5.14. The normalized spacial score (nSPS) is 26.5. The Balaban J connectivity index is 1.84. The Kier molecular flexibility index (Phi) is 4.83. The molecule has 3 nitrogen and oxygen atoms in total. The van der Waals surface area contributed by atoms with Crippen LogP contribution >= 0.6 is 0 Å². The van der Waals surface area contributed by atoms with Crippen LogP contribution in [0.15, 0.2) is 0 Å². The first kappa shape index (κ1) is 13.3. The lowest BCUT2D eigenvalue weighted by atomic mass is 9.85. The maximum Gasteiger partial charge on any atom is 0.0110 e. The van der Waals surface area contributed by atoms with Gasteiger partial charge in [0.25, 0.3) is 0 Å². The van der Waals surface area contributed by atoms with E-state index < -0.39 is 0 Å². The smallest absolute Gasteiger partial charge is 0.0110 e. The molecule has 17 heavy (non-hydrogen) atoms. The van der Waals surface area contributed by atoms with Crippen LogP contribution in [0.25, 0.3) is 0 Å². The van der Waals surface area contributed by atoms with Gasteiger partial charge in [-0.25, -0.2) is 0 Å². The van der Waals surface area contributed by atoms with Gasteiger partial charge in [0.2, 0.25) is 0 Å². The van der Waals surface area contributed by atoms with Gasteiger partial charge < -0.3 is 15.1 Å². The molecule has 1 heterocycles. The minimum absolute atomic E-state index is 0.589. The maximum atomic E-state index is 3.59. The number of likely N-dealkylation sites (N-methyl/N-ethyl adjacent to an activating group) is 1. The second-order valence-electron chi connectivity index (χ2n) is 6.07. The lowest BCUT2D eigenvalue weighted by molar-refractivity contribution is 0.0966. The number of hydrogen-bond donors (Lipinski definition) is 1. The summed E-state index contributed by atoms with van der Waals surface area (Å²) >= 11 is 0. The molecule has 1 N–H and O–H groups in total. The zero-order chi connectivity index (χ0) is 12.1. The van der Waals surface area contributed by atoms with Crippen LogP contribution < -0.4 is 5.32 Å². The number of rotatable bonds is 5. The molecule has 0 spiro atoms. The van der Waals surface area contributed by atoms with Crippen LogP contribution in [0.5, 0.6) is 0 Å². The van der Waals surface area contributed by atoms with Crippen molar-refractivity contribution in [3.05, 3.63) is 0 Å². The molecule has 0 aromatic rings. The standard InChI is InChI=1S/C14H29N3/c1-3-15-12-14(6-4-5-7-14)13-17-10-8-16(2)9-11-17/h15H,3-13H2,1-2H3. The number of hydrogen-bond acceptors (Lipinski definition) is 3. The molecule has 0 bridgehead atoms. The van der Waals surface area contributed by atoms with Gasteiger partial charge in [-0.15, -0.1) is 0 Å². The number of nitrogens with one attached hydrogen (secondary N) is 1. The Labute approximate surface area is 107 Å². The number of piperazine rings is 1.